The van der Waals surface area contributed by atoms with Crippen LogP contribution in [0.3, 0.4) is 0 Å². The van der Waals surface area contributed by atoms with Gasteiger partial charge in [0, 0.05) is 24.2 Å². The van der Waals surface area contributed by atoms with Gasteiger partial charge in [-0.1, -0.05) is 0 Å². The minimum absolute atomic E-state index is 0.0879. The summed E-state index contributed by atoms with van der Waals surface area (Å²) in [5.74, 6) is -1.06. The van der Waals surface area contributed by atoms with Crippen LogP contribution < -0.4 is 21.3 Å². The maximum atomic E-state index is 12.4. The Morgan fingerprint density at radius 3 is 1.34 bits per heavy atom. The molecule has 0 heterocycles. The maximum absolute atomic E-state index is 12.4. The second kappa shape index (κ2) is 14.3. The van der Waals surface area contributed by atoms with Gasteiger partial charge in [-0.2, -0.15) is 0 Å². The van der Waals surface area contributed by atoms with Crippen molar-refractivity contribution >= 4 is 46.8 Å². The van der Waals surface area contributed by atoms with E-state index in [4.69, 9.17) is 9.47 Å². The van der Waals surface area contributed by atoms with Crippen LogP contribution in [0.1, 0.15) is 50.7 Å². The van der Waals surface area contributed by atoms with Crippen molar-refractivity contribution in [2.45, 2.75) is 53.4 Å². The number of ether oxygens (including phenoxy) is 2. The Kier molecular flexibility index (Phi) is 11.2. The molecule has 0 saturated carbocycles. The Morgan fingerprint density at radius 1 is 0.632 bits per heavy atom. The van der Waals surface area contributed by atoms with Crippen LogP contribution in [-0.2, 0) is 19.1 Å². The Labute approximate surface area is 220 Å². The van der Waals surface area contributed by atoms with Crippen LogP contribution >= 0.6 is 0 Å². The third-order valence-electron chi connectivity index (χ3n) is 5.32. The van der Waals surface area contributed by atoms with E-state index in [1.807, 2.05) is 0 Å². The molecule has 4 amide bonds. The number of nitrogens with one attached hydrogen (secondary N) is 4. The fraction of sp³-hybridized carbons (Fsp3) is 0.385. The van der Waals surface area contributed by atoms with E-state index in [0.717, 1.165) is 0 Å². The third kappa shape index (κ3) is 9.19. The van der Waals surface area contributed by atoms with Gasteiger partial charge in [0.2, 0.25) is 11.8 Å². The Morgan fingerprint density at radius 2 is 1.00 bits per heavy atom. The summed E-state index contributed by atoms with van der Waals surface area (Å²) in [6.45, 7) is 7.12. The first-order valence-corrected chi connectivity index (χ1v) is 12.2. The van der Waals surface area contributed by atoms with Crippen molar-refractivity contribution in [2.75, 3.05) is 34.5 Å². The van der Waals surface area contributed by atoms with Crippen LogP contribution in [0.15, 0.2) is 24.3 Å². The van der Waals surface area contributed by atoms with Crippen LogP contribution in [0.4, 0.5) is 32.3 Å². The lowest BCUT2D eigenvalue weighted by molar-refractivity contribution is -0.118. The van der Waals surface area contributed by atoms with Crippen molar-refractivity contribution in [2.24, 2.45) is 0 Å². The minimum atomic E-state index is -0.651. The quantitative estimate of drug-likeness (QED) is 0.134. The number of phenolic OH excluding ortho intramolecular Hbond substituents is 2. The topological polar surface area (TPSA) is 175 Å². The van der Waals surface area contributed by atoms with E-state index in [-0.39, 0.29) is 60.7 Å². The van der Waals surface area contributed by atoms with Gasteiger partial charge in [-0.05, 0) is 75.9 Å². The summed E-state index contributed by atoms with van der Waals surface area (Å²) in [5, 5.41) is 30.6. The lowest BCUT2D eigenvalue weighted by atomic mass is 10.1. The number of unbranched alkanes of at least 4 members (excludes halogenated alkanes) is 1. The van der Waals surface area contributed by atoms with E-state index >= 15 is 0 Å². The Hall–Kier alpha value is -4.48. The van der Waals surface area contributed by atoms with Gasteiger partial charge in [0.05, 0.1) is 24.6 Å². The molecule has 206 valence electrons. The molecule has 0 spiro atoms. The van der Waals surface area contributed by atoms with Crippen molar-refractivity contribution in [3.8, 4) is 11.5 Å². The van der Waals surface area contributed by atoms with E-state index in [9.17, 15) is 29.4 Å². The van der Waals surface area contributed by atoms with E-state index in [1.54, 1.807) is 27.7 Å². The van der Waals surface area contributed by atoms with Gasteiger partial charge in [-0.25, -0.2) is 9.59 Å². The summed E-state index contributed by atoms with van der Waals surface area (Å²) in [6, 6.07) is 5.70. The molecule has 0 unspecified atom stereocenters. The molecule has 0 aliphatic carbocycles. The molecule has 12 heteroatoms. The van der Waals surface area contributed by atoms with E-state index in [2.05, 4.69) is 21.3 Å². The van der Waals surface area contributed by atoms with Crippen LogP contribution in [-0.4, -0.2) is 47.4 Å². The van der Waals surface area contributed by atoms with E-state index in [0.29, 0.717) is 35.3 Å². The van der Waals surface area contributed by atoms with Crippen LogP contribution in [0, 0.1) is 13.8 Å². The minimum Gasteiger partial charge on any atom is -0.506 e. The predicted molar refractivity (Wildman–Crippen MR) is 143 cm³/mol. The monoisotopic (exact) mass is 530 g/mol. The maximum Gasteiger partial charge on any atom is 0.411 e. The number of amides is 4. The molecule has 6 N–H and O–H groups in total. The van der Waals surface area contributed by atoms with E-state index < -0.39 is 12.2 Å². The lowest BCUT2D eigenvalue weighted by Crippen LogP contribution is -2.16. The van der Waals surface area contributed by atoms with Gasteiger partial charge >= 0.3 is 12.2 Å². The molecule has 12 nitrogen and oxygen atoms in total. The summed E-state index contributed by atoms with van der Waals surface area (Å²) in [5.41, 5.74) is 2.20. The average Bonchev–Trinajstić information content (AvgIpc) is 2.83. The molecule has 0 aromatic heterocycles. The molecule has 0 saturated heterocycles. The number of phenols is 2. The number of hydrogen-bond acceptors (Lipinski definition) is 8. The third-order valence-corrected chi connectivity index (χ3v) is 5.32. The second-order valence-corrected chi connectivity index (χ2v) is 8.36. The highest BCUT2D eigenvalue weighted by atomic mass is 16.6. The SMILES string of the molecule is CCOC(=O)Nc1cc(NC(=O)CCCCC(=O)Nc2cc(NC(=O)OCC)c(C)cc2O)c(O)cc1C. The number of aryl methyl sites for hydroxylation is 2. The number of rotatable bonds is 11. The first-order valence-electron chi connectivity index (χ1n) is 12.2. The van der Waals surface area contributed by atoms with Gasteiger partial charge < -0.3 is 30.3 Å². The highest BCUT2D eigenvalue weighted by Gasteiger charge is 2.14. The smallest absolute Gasteiger partial charge is 0.411 e. The molecule has 0 aliphatic heterocycles. The van der Waals surface area contributed by atoms with Crippen LogP contribution in [0.2, 0.25) is 0 Å². The summed E-state index contributed by atoms with van der Waals surface area (Å²) in [6.07, 6.45) is -0.357. The fourth-order valence-electron chi connectivity index (χ4n) is 3.41. The van der Waals surface area contributed by atoms with Crippen LogP contribution in [0.5, 0.6) is 11.5 Å². The first-order chi connectivity index (χ1) is 18.0. The highest BCUT2D eigenvalue weighted by Crippen LogP contribution is 2.32. The molecule has 2 aromatic carbocycles. The molecule has 0 aliphatic rings. The summed E-state index contributed by atoms with van der Waals surface area (Å²) >= 11 is 0. The normalized spacial score (nSPS) is 10.3. The number of anilines is 4. The zero-order valence-corrected chi connectivity index (χ0v) is 21.9. The number of hydrogen-bond donors (Lipinski definition) is 6. The van der Waals surface area contributed by atoms with Gasteiger partial charge in [-0.15, -0.1) is 0 Å². The number of benzene rings is 2. The molecule has 0 atom stereocenters. The fourth-order valence-corrected chi connectivity index (χ4v) is 3.41. The molecule has 0 bridgehead atoms. The predicted octanol–water partition coefficient (Wildman–Crippen LogP) is 4.99. The number of carbonyl (C=O) groups excluding carboxylic acids is 4. The zero-order chi connectivity index (χ0) is 28.2. The first kappa shape index (κ1) is 29.7. The standard InChI is InChI=1S/C26H34N4O8/c1-5-37-25(35)29-17-13-19(21(31)11-15(17)3)27-23(33)9-7-8-10-24(34)28-20-14-18(16(4)12-22(20)32)30-26(36)38-6-2/h11-14,31-32H,5-10H2,1-4H3,(H,27,33)(H,28,34)(H,29,35)(H,30,36). The van der Waals surface area contributed by atoms with Gasteiger partial charge in [0.15, 0.2) is 0 Å². The molecular formula is C26H34N4O8. The summed E-state index contributed by atoms with van der Waals surface area (Å²) in [4.78, 5) is 48.1. The molecule has 2 rings (SSSR count). The Balaban J connectivity index is 1.86. The highest BCUT2D eigenvalue weighted by molar-refractivity contribution is 5.96. The van der Waals surface area contributed by atoms with E-state index in [1.165, 1.54) is 24.3 Å². The van der Waals surface area contributed by atoms with Crippen molar-refractivity contribution in [3.63, 3.8) is 0 Å². The van der Waals surface area contributed by atoms with Gasteiger partial charge in [0.1, 0.15) is 11.5 Å². The van der Waals surface area contributed by atoms with Crippen molar-refractivity contribution in [3.05, 3.63) is 35.4 Å². The zero-order valence-electron chi connectivity index (χ0n) is 21.9. The average molecular weight is 531 g/mol. The molecule has 0 radical (unpaired) electrons. The summed E-state index contributed by atoms with van der Waals surface area (Å²) < 4.78 is 9.70. The molecule has 0 fully saturated rings. The molecule has 2 aromatic rings. The second-order valence-electron chi connectivity index (χ2n) is 8.36. The largest absolute Gasteiger partial charge is 0.506 e. The van der Waals surface area contributed by atoms with Gasteiger partial charge in [-0.3, -0.25) is 20.2 Å². The number of carbonyl (C=O) groups is 4. The van der Waals surface area contributed by atoms with Crippen LogP contribution in [0.25, 0.3) is 0 Å². The Bertz CT molecular complexity index is 1090. The number of aromatic hydroxyl groups is 2. The molecule has 38 heavy (non-hydrogen) atoms. The van der Waals surface area contributed by atoms with Crippen molar-refractivity contribution < 1.29 is 38.9 Å². The lowest BCUT2D eigenvalue weighted by Gasteiger charge is -2.14. The van der Waals surface area contributed by atoms with Crippen molar-refractivity contribution in [1.82, 2.24) is 0 Å². The van der Waals surface area contributed by atoms with Crippen molar-refractivity contribution in [1.29, 1.82) is 0 Å². The van der Waals surface area contributed by atoms with Gasteiger partial charge in [0.25, 0.3) is 0 Å². The molecular weight excluding hydrogens is 496 g/mol. The summed E-state index contributed by atoms with van der Waals surface area (Å²) in [7, 11) is 0.